The molecule has 1 amide bonds. The minimum absolute atomic E-state index is 0.196. The van der Waals surface area contributed by atoms with Gasteiger partial charge in [-0.2, -0.15) is 0 Å². The number of hydrogen-bond donors (Lipinski definition) is 2. The van der Waals surface area contributed by atoms with E-state index in [-0.39, 0.29) is 44.1 Å². The van der Waals surface area contributed by atoms with Gasteiger partial charge in [0, 0.05) is 29.9 Å². The van der Waals surface area contributed by atoms with Crippen molar-refractivity contribution in [2.24, 2.45) is 5.92 Å². The van der Waals surface area contributed by atoms with Gasteiger partial charge in [-0.3, -0.25) is 9.59 Å². The van der Waals surface area contributed by atoms with Gasteiger partial charge < -0.3 is 10.3 Å². The number of benzene rings is 3. The molecule has 7 heteroatoms. The van der Waals surface area contributed by atoms with Crippen molar-refractivity contribution in [3.05, 3.63) is 66.1 Å². The summed E-state index contributed by atoms with van der Waals surface area (Å²) in [6.07, 6.45) is 2.53. The second-order valence-electron chi connectivity index (χ2n) is 8.73. The fraction of sp³-hybridized carbons (Fsp3) is 0.269. The smallest absolute Gasteiger partial charge is 0.248 e. The largest absolute Gasteiger partial charge is 0.349 e. The zero-order chi connectivity index (χ0) is 23.0. The maximum absolute atomic E-state index is 13.3. The van der Waals surface area contributed by atoms with Crippen molar-refractivity contribution in [3.63, 3.8) is 0 Å². The lowest BCUT2D eigenvalue weighted by atomic mass is 9.86. The van der Waals surface area contributed by atoms with Gasteiger partial charge in [0.25, 0.3) is 0 Å². The third-order valence-corrected chi connectivity index (χ3v) is 6.41. The highest BCUT2D eigenvalue weighted by Crippen LogP contribution is 2.36. The Labute approximate surface area is 189 Å². The van der Waals surface area contributed by atoms with E-state index in [1.807, 2.05) is 24.3 Å². The number of amides is 1. The highest BCUT2D eigenvalue weighted by Gasteiger charge is 2.37. The number of carbonyl (C=O) groups excluding carboxylic acids is 2. The summed E-state index contributed by atoms with van der Waals surface area (Å²) in [5.74, 6) is -2.59. The molecular weight excluding hydrogens is 424 g/mol. The molecule has 0 bridgehead atoms. The van der Waals surface area contributed by atoms with Gasteiger partial charge in [-0.1, -0.05) is 24.3 Å². The highest BCUT2D eigenvalue weighted by atomic mass is 19.3. The molecule has 1 heterocycles. The van der Waals surface area contributed by atoms with Crippen LogP contribution >= 0.6 is 0 Å². The van der Waals surface area contributed by atoms with E-state index in [9.17, 15) is 18.4 Å². The number of alkyl halides is 2. The molecule has 168 valence electrons. The van der Waals surface area contributed by atoms with Gasteiger partial charge in [-0.15, -0.1) is 0 Å². The molecular formula is C26H23F2N3O2. The lowest BCUT2D eigenvalue weighted by Crippen LogP contribution is -2.35. The predicted octanol–water partition coefficient (Wildman–Crippen LogP) is 5.64. The molecule has 33 heavy (non-hydrogen) atoms. The van der Waals surface area contributed by atoms with Crippen molar-refractivity contribution in [1.82, 2.24) is 15.3 Å². The number of aldehydes is 1. The average molecular weight is 447 g/mol. The van der Waals surface area contributed by atoms with Gasteiger partial charge in [0.05, 0.1) is 18.4 Å². The summed E-state index contributed by atoms with van der Waals surface area (Å²) in [5, 5.41) is 7.02. The summed E-state index contributed by atoms with van der Waals surface area (Å²) >= 11 is 0. The van der Waals surface area contributed by atoms with Crippen LogP contribution in [0.2, 0.25) is 0 Å². The maximum atomic E-state index is 13.3. The number of nitrogens with zero attached hydrogens (tertiary/aromatic N) is 1. The number of aromatic nitrogens is 2. The fourth-order valence-corrected chi connectivity index (χ4v) is 4.47. The Hall–Kier alpha value is -3.61. The van der Waals surface area contributed by atoms with Crippen LogP contribution in [0.25, 0.3) is 32.8 Å². The van der Waals surface area contributed by atoms with Crippen LogP contribution in [0.3, 0.4) is 0 Å². The fourth-order valence-electron chi connectivity index (χ4n) is 4.47. The number of hydrogen-bond acceptors (Lipinski definition) is 3. The van der Waals surface area contributed by atoms with Gasteiger partial charge in [0.2, 0.25) is 11.8 Å². The molecule has 1 saturated carbocycles. The molecule has 1 fully saturated rings. The number of aromatic amines is 1. The van der Waals surface area contributed by atoms with E-state index < -0.39 is 5.92 Å². The summed E-state index contributed by atoms with van der Waals surface area (Å²) in [6.45, 7) is 0.225. The van der Waals surface area contributed by atoms with Crippen LogP contribution in [-0.2, 0) is 11.3 Å². The first kappa shape index (κ1) is 21.2. The first-order valence-electron chi connectivity index (χ1n) is 11.0. The third kappa shape index (κ3) is 4.49. The van der Waals surface area contributed by atoms with Crippen LogP contribution in [0, 0.1) is 5.92 Å². The molecule has 0 spiro atoms. The van der Waals surface area contributed by atoms with Crippen molar-refractivity contribution in [1.29, 1.82) is 0 Å². The Bertz CT molecular complexity index is 1350. The van der Waals surface area contributed by atoms with Crippen LogP contribution in [0.5, 0.6) is 0 Å². The van der Waals surface area contributed by atoms with Gasteiger partial charge in [-0.25, -0.2) is 13.8 Å². The summed E-state index contributed by atoms with van der Waals surface area (Å²) in [4.78, 5) is 31.0. The van der Waals surface area contributed by atoms with Gasteiger partial charge in [-0.05, 0) is 58.7 Å². The predicted molar refractivity (Wildman–Crippen MR) is 123 cm³/mol. The van der Waals surface area contributed by atoms with Gasteiger partial charge in [0.1, 0.15) is 12.1 Å². The summed E-state index contributed by atoms with van der Waals surface area (Å²) in [6, 6.07) is 15.9. The van der Waals surface area contributed by atoms with E-state index >= 15 is 0 Å². The maximum Gasteiger partial charge on any atom is 0.248 e. The second-order valence-corrected chi connectivity index (χ2v) is 8.73. The van der Waals surface area contributed by atoms with Gasteiger partial charge in [0.15, 0.2) is 0 Å². The number of halogens is 2. The summed E-state index contributed by atoms with van der Waals surface area (Å²) in [7, 11) is 0. The molecule has 5 nitrogen and oxygen atoms in total. The molecule has 4 aromatic rings. The second kappa shape index (κ2) is 8.39. The van der Waals surface area contributed by atoms with Crippen LogP contribution in [0.4, 0.5) is 8.78 Å². The van der Waals surface area contributed by atoms with Gasteiger partial charge >= 0.3 is 0 Å². The van der Waals surface area contributed by atoms with E-state index in [1.54, 1.807) is 12.3 Å². The number of nitrogens with one attached hydrogen (secondary N) is 2. The Kier molecular flexibility index (Phi) is 5.40. The standard InChI is InChI=1S/C26H23F2N3O2/c27-26(28)7-5-17(6-8-26)25(33)30-14-24-29-13-23(31-24)20-4-3-19-10-21-9-16(15-32)1-2-18(21)11-22(19)12-20/h1-4,9-13,15,17H,5-8,14H2,(H,29,31)(H,30,33). The van der Waals surface area contributed by atoms with E-state index in [2.05, 4.69) is 33.5 Å². The molecule has 1 aliphatic carbocycles. The van der Waals surface area contributed by atoms with E-state index in [0.29, 0.717) is 11.4 Å². The van der Waals surface area contributed by atoms with Crippen molar-refractivity contribution in [2.75, 3.05) is 0 Å². The van der Waals surface area contributed by atoms with Crippen molar-refractivity contribution < 1.29 is 18.4 Å². The average Bonchev–Trinajstić information content (AvgIpc) is 3.29. The quantitative estimate of drug-likeness (QED) is 0.307. The van der Waals surface area contributed by atoms with Crippen LogP contribution in [0.15, 0.2) is 54.7 Å². The molecule has 0 saturated heterocycles. The lowest BCUT2D eigenvalue weighted by Gasteiger charge is -2.27. The Morgan fingerprint density at radius 3 is 2.45 bits per heavy atom. The molecule has 3 aromatic carbocycles. The van der Waals surface area contributed by atoms with Crippen LogP contribution < -0.4 is 5.32 Å². The number of H-pyrrole nitrogens is 1. The molecule has 5 rings (SSSR count). The molecule has 0 atom stereocenters. The zero-order valence-corrected chi connectivity index (χ0v) is 17.9. The molecule has 0 unspecified atom stereocenters. The lowest BCUT2D eigenvalue weighted by molar-refractivity contribution is -0.129. The normalized spacial score (nSPS) is 16.2. The number of rotatable bonds is 5. The van der Waals surface area contributed by atoms with Crippen molar-refractivity contribution >= 4 is 33.7 Å². The molecule has 1 aromatic heterocycles. The molecule has 0 aliphatic heterocycles. The molecule has 1 aliphatic rings. The highest BCUT2D eigenvalue weighted by molar-refractivity contribution is 6.01. The summed E-state index contributed by atoms with van der Waals surface area (Å²) < 4.78 is 26.6. The third-order valence-electron chi connectivity index (χ3n) is 6.41. The Morgan fingerprint density at radius 2 is 1.73 bits per heavy atom. The topological polar surface area (TPSA) is 74.8 Å². The first-order chi connectivity index (χ1) is 15.9. The number of fused-ring (bicyclic) bond motifs is 2. The number of imidazole rings is 1. The first-order valence-corrected chi connectivity index (χ1v) is 11.0. The zero-order valence-electron chi connectivity index (χ0n) is 17.9. The van der Waals surface area contributed by atoms with Crippen molar-refractivity contribution in [3.8, 4) is 11.3 Å². The minimum atomic E-state index is -2.64. The van der Waals surface area contributed by atoms with E-state index in [1.165, 1.54) is 0 Å². The monoisotopic (exact) mass is 447 g/mol. The molecule has 0 radical (unpaired) electrons. The number of carbonyl (C=O) groups is 2. The van der Waals surface area contributed by atoms with E-state index in [4.69, 9.17) is 0 Å². The van der Waals surface area contributed by atoms with Crippen molar-refractivity contribution in [2.45, 2.75) is 38.2 Å². The minimum Gasteiger partial charge on any atom is -0.349 e. The SMILES string of the molecule is O=Cc1ccc2cc3cc(-c4cnc(CNC(=O)C5CCC(F)(F)CC5)[nH]4)ccc3cc2c1. The van der Waals surface area contributed by atoms with Crippen LogP contribution in [0.1, 0.15) is 41.9 Å². The molecule has 2 N–H and O–H groups in total. The summed E-state index contributed by atoms with van der Waals surface area (Å²) in [5.41, 5.74) is 2.44. The Balaban J connectivity index is 1.29. The Morgan fingerprint density at radius 1 is 1.03 bits per heavy atom. The van der Waals surface area contributed by atoms with E-state index in [0.717, 1.165) is 39.1 Å². The van der Waals surface area contributed by atoms with Crippen LogP contribution in [-0.4, -0.2) is 28.1 Å².